The highest BCUT2D eigenvalue weighted by molar-refractivity contribution is 7.89. The lowest BCUT2D eigenvalue weighted by Crippen LogP contribution is -2.38. The van der Waals surface area contributed by atoms with E-state index in [2.05, 4.69) is 15.0 Å². The highest BCUT2D eigenvalue weighted by Crippen LogP contribution is 2.32. The highest BCUT2D eigenvalue weighted by atomic mass is 32.2. The monoisotopic (exact) mass is 530 g/mol. The third-order valence-corrected chi connectivity index (χ3v) is 8.66. The first-order chi connectivity index (χ1) is 17.8. The Hall–Kier alpha value is -2.76. The van der Waals surface area contributed by atoms with Gasteiger partial charge in [-0.25, -0.2) is 13.4 Å². The van der Waals surface area contributed by atoms with Crippen LogP contribution in [0, 0.1) is 0 Å². The smallest absolute Gasteiger partial charge is 0.277 e. The van der Waals surface area contributed by atoms with Crippen molar-refractivity contribution in [3.8, 4) is 17.1 Å². The Labute approximate surface area is 218 Å². The quantitative estimate of drug-likeness (QED) is 0.405. The average Bonchev–Trinajstić information content (AvgIpc) is 3.21. The molecule has 0 aliphatic carbocycles. The second kappa shape index (κ2) is 11.7. The van der Waals surface area contributed by atoms with Gasteiger partial charge in [0, 0.05) is 27.2 Å². The summed E-state index contributed by atoms with van der Waals surface area (Å²) in [6.07, 6.45) is 5.88. The Morgan fingerprint density at radius 1 is 1.14 bits per heavy atom. The summed E-state index contributed by atoms with van der Waals surface area (Å²) in [7, 11) is -0.425. The number of ether oxygens (including phenoxy) is 1. The summed E-state index contributed by atoms with van der Waals surface area (Å²) in [6, 6.07) is 4.76. The van der Waals surface area contributed by atoms with Crippen LogP contribution in [-0.2, 0) is 23.5 Å². The van der Waals surface area contributed by atoms with Crippen molar-refractivity contribution in [2.75, 3.05) is 39.8 Å². The molecule has 10 nitrogen and oxygen atoms in total. The van der Waals surface area contributed by atoms with Crippen molar-refractivity contribution in [2.24, 2.45) is 7.05 Å². The molecule has 0 atom stereocenters. The minimum absolute atomic E-state index is 0.134. The first-order valence-electron chi connectivity index (χ1n) is 13.2. The molecule has 0 amide bonds. The lowest BCUT2D eigenvalue weighted by molar-refractivity contribution is 0.218. The summed E-state index contributed by atoms with van der Waals surface area (Å²) < 4.78 is 35.9. The molecule has 0 bridgehead atoms. The Morgan fingerprint density at radius 2 is 1.89 bits per heavy atom. The number of aryl methyl sites for hydroxylation is 2. The maximum absolute atomic E-state index is 13.5. The molecule has 1 aromatic carbocycles. The van der Waals surface area contributed by atoms with Gasteiger partial charge in [-0.2, -0.15) is 9.40 Å². The zero-order chi connectivity index (χ0) is 26.6. The first kappa shape index (κ1) is 27.3. The van der Waals surface area contributed by atoms with Gasteiger partial charge in [-0.05, 0) is 57.0 Å². The van der Waals surface area contributed by atoms with Crippen LogP contribution >= 0.6 is 0 Å². The van der Waals surface area contributed by atoms with Crippen molar-refractivity contribution >= 4 is 21.1 Å². The predicted octanol–water partition coefficient (Wildman–Crippen LogP) is 3.17. The third-order valence-electron chi connectivity index (χ3n) is 6.81. The van der Waals surface area contributed by atoms with Gasteiger partial charge in [-0.15, -0.1) is 0 Å². The number of aromatic amines is 1. The number of H-pyrrole nitrogens is 1. The molecule has 0 unspecified atom stereocenters. The van der Waals surface area contributed by atoms with E-state index >= 15 is 0 Å². The normalized spacial score (nSPS) is 15.1. The third kappa shape index (κ3) is 5.89. The van der Waals surface area contributed by atoms with Gasteiger partial charge >= 0.3 is 0 Å². The number of sulfonamides is 1. The van der Waals surface area contributed by atoms with E-state index in [1.807, 2.05) is 13.8 Å². The molecule has 37 heavy (non-hydrogen) atoms. The molecule has 1 fully saturated rings. The Morgan fingerprint density at radius 3 is 2.59 bits per heavy atom. The molecule has 1 N–H and O–H groups in total. The second-order valence-electron chi connectivity index (χ2n) is 9.67. The first-order valence-corrected chi connectivity index (χ1v) is 14.6. The minimum atomic E-state index is -3.76. The van der Waals surface area contributed by atoms with Crippen LogP contribution in [0.15, 0.2) is 27.9 Å². The number of benzene rings is 1. The van der Waals surface area contributed by atoms with E-state index in [0.29, 0.717) is 48.5 Å². The van der Waals surface area contributed by atoms with Crippen LogP contribution in [0.1, 0.15) is 51.6 Å². The van der Waals surface area contributed by atoms with Gasteiger partial charge in [0.15, 0.2) is 5.52 Å². The van der Waals surface area contributed by atoms with Crippen molar-refractivity contribution in [1.82, 2.24) is 29.0 Å². The Balaban J connectivity index is 1.73. The molecule has 0 spiro atoms. The maximum atomic E-state index is 13.5. The van der Waals surface area contributed by atoms with Gasteiger partial charge in [0.25, 0.3) is 5.56 Å². The SMILES string of the molecule is CCCOc1ccc(S(=O)(=O)N(C)CCN2CCCCC2)cc1-c1nc2c(CCC)nn(C)c2c(=O)[nH]1. The number of rotatable bonds is 11. The Bertz CT molecular complexity index is 1390. The number of aromatic nitrogens is 4. The predicted molar refractivity (Wildman–Crippen MR) is 144 cm³/mol. The number of hydrogen-bond acceptors (Lipinski definition) is 7. The van der Waals surface area contributed by atoms with E-state index in [1.165, 1.54) is 10.7 Å². The lowest BCUT2D eigenvalue weighted by atomic mass is 10.1. The van der Waals surface area contributed by atoms with Crippen LogP contribution in [0.5, 0.6) is 5.75 Å². The van der Waals surface area contributed by atoms with Crippen LogP contribution in [-0.4, -0.2) is 77.2 Å². The molecule has 0 radical (unpaired) electrons. The van der Waals surface area contributed by atoms with Crippen LogP contribution in [0.3, 0.4) is 0 Å². The van der Waals surface area contributed by atoms with E-state index in [9.17, 15) is 13.2 Å². The van der Waals surface area contributed by atoms with Gasteiger partial charge in [0.1, 0.15) is 17.1 Å². The van der Waals surface area contributed by atoms with E-state index in [-0.39, 0.29) is 16.3 Å². The molecule has 0 saturated carbocycles. The molecule has 11 heteroatoms. The number of likely N-dealkylation sites (tertiary alicyclic amines) is 1. The van der Waals surface area contributed by atoms with Crippen molar-refractivity contribution < 1.29 is 13.2 Å². The van der Waals surface area contributed by atoms with Gasteiger partial charge < -0.3 is 14.6 Å². The molecule has 1 aliphatic heterocycles. The van der Waals surface area contributed by atoms with Crippen LogP contribution < -0.4 is 10.3 Å². The summed E-state index contributed by atoms with van der Waals surface area (Å²) in [6.45, 7) is 7.62. The second-order valence-corrected chi connectivity index (χ2v) is 11.7. The van der Waals surface area contributed by atoms with Gasteiger partial charge in [0.05, 0.1) is 22.8 Å². The summed E-state index contributed by atoms with van der Waals surface area (Å²) in [4.78, 5) is 23.1. The fraction of sp³-hybridized carbons (Fsp3) is 0.577. The molecule has 3 heterocycles. The van der Waals surface area contributed by atoms with Crippen LogP contribution in [0.4, 0.5) is 0 Å². The zero-order valence-electron chi connectivity index (χ0n) is 22.3. The topological polar surface area (TPSA) is 113 Å². The fourth-order valence-corrected chi connectivity index (χ4v) is 5.93. The van der Waals surface area contributed by atoms with Crippen LogP contribution in [0.2, 0.25) is 0 Å². The number of fused-ring (bicyclic) bond motifs is 1. The Kier molecular flexibility index (Phi) is 8.66. The summed E-state index contributed by atoms with van der Waals surface area (Å²) in [5, 5.41) is 4.48. The number of likely N-dealkylation sites (N-methyl/N-ethyl adjacent to an activating group) is 1. The average molecular weight is 531 g/mol. The molecular formula is C26H38N6O4S. The van der Waals surface area contributed by atoms with Crippen LogP contribution in [0.25, 0.3) is 22.4 Å². The minimum Gasteiger partial charge on any atom is -0.493 e. The van der Waals surface area contributed by atoms with Gasteiger partial charge in [-0.1, -0.05) is 26.7 Å². The van der Waals surface area contributed by atoms with Crippen molar-refractivity contribution in [1.29, 1.82) is 0 Å². The number of piperidine rings is 1. The summed E-state index contributed by atoms with van der Waals surface area (Å²) in [5.41, 5.74) is 1.76. The molecule has 2 aromatic heterocycles. The van der Waals surface area contributed by atoms with Gasteiger partial charge in [-0.3, -0.25) is 9.48 Å². The van der Waals surface area contributed by atoms with Crippen molar-refractivity contribution in [3.05, 3.63) is 34.2 Å². The summed E-state index contributed by atoms with van der Waals surface area (Å²) >= 11 is 0. The number of nitrogens with zero attached hydrogens (tertiary/aromatic N) is 5. The number of nitrogens with one attached hydrogen (secondary N) is 1. The zero-order valence-corrected chi connectivity index (χ0v) is 23.1. The van der Waals surface area contributed by atoms with E-state index in [1.54, 1.807) is 37.0 Å². The molecule has 202 valence electrons. The fourth-order valence-electron chi connectivity index (χ4n) is 4.74. The van der Waals surface area contributed by atoms with Crippen molar-refractivity contribution in [2.45, 2.75) is 57.3 Å². The molecule has 3 aromatic rings. The molecule has 1 saturated heterocycles. The van der Waals surface area contributed by atoms with E-state index < -0.39 is 10.0 Å². The van der Waals surface area contributed by atoms with E-state index in [4.69, 9.17) is 9.72 Å². The highest BCUT2D eigenvalue weighted by Gasteiger charge is 2.25. The van der Waals surface area contributed by atoms with Crippen molar-refractivity contribution in [3.63, 3.8) is 0 Å². The lowest BCUT2D eigenvalue weighted by Gasteiger charge is -2.28. The largest absolute Gasteiger partial charge is 0.493 e. The number of hydrogen-bond donors (Lipinski definition) is 1. The summed E-state index contributed by atoms with van der Waals surface area (Å²) in [5.74, 6) is 0.738. The molecule has 4 rings (SSSR count). The van der Waals surface area contributed by atoms with Gasteiger partial charge in [0.2, 0.25) is 10.0 Å². The molecule has 1 aliphatic rings. The standard InChI is InChI=1S/C26H38N6O4S/c1-5-10-21-23-24(31(4)29-21)26(33)28-25(27-23)20-18-19(11-12-22(20)36-17-6-2)37(34,35)30(3)15-16-32-13-8-7-9-14-32/h11-12,18H,5-10,13-17H2,1-4H3,(H,27,28,33). The molecular weight excluding hydrogens is 492 g/mol. The van der Waals surface area contributed by atoms with E-state index in [0.717, 1.165) is 44.5 Å². The maximum Gasteiger partial charge on any atom is 0.277 e.